The number of aromatic nitrogens is 1. The summed E-state index contributed by atoms with van der Waals surface area (Å²) in [5.41, 5.74) is 7.11. The third-order valence-corrected chi connectivity index (χ3v) is 6.40. The molecule has 0 saturated heterocycles. The summed E-state index contributed by atoms with van der Waals surface area (Å²) < 4.78 is 6.46. The summed E-state index contributed by atoms with van der Waals surface area (Å²) in [6.45, 7) is 15.2. The van der Waals surface area contributed by atoms with Gasteiger partial charge in [0, 0.05) is 22.7 Å². The number of nitrogens with zero attached hydrogens (tertiary/aromatic N) is 2. The summed E-state index contributed by atoms with van der Waals surface area (Å²) in [5, 5.41) is 0.375. The average Bonchev–Trinajstić information content (AvgIpc) is 2.57. The van der Waals surface area contributed by atoms with Crippen molar-refractivity contribution in [3.8, 4) is 11.6 Å². The Hall–Kier alpha value is -1.68. The summed E-state index contributed by atoms with van der Waals surface area (Å²) in [6, 6.07) is 7.08. The summed E-state index contributed by atoms with van der Waals surface area (Å²) in [7, 11) is 0. The van der Waals surface area contributed by atoms with Crippen LogP contribution in [0.2, 0.25) is 0 Å². The molecule has 2 aromatic rings. The molecule has 0 amide bonds. The third kappa shape index (κ3) is 3.57. The molecule has 0 fully saturated rings. The number of thioether (sulfide) groups is 1. The predicted octanol–water partition coefficient (Wildman–Crippen LogP) is 6.48. The molecule has 1 aliphatic heterocycles. The molecular weight excluding hydrogens is 340 g/mol. The lowest BCUT2D eigenvalue weighted by Gasteiger charge is -2.38. The van der Waals surface area contributed by atoms with E-state index in [0.717, 1.165) is 40.7 Å². The van der Waals surface area contributed by atoms with E-state index in [9.17, 15) is 0 Å². The Balaban J connectivity index is 2.11. The molecule has 0 bridgehead atoms. The van der Waals surface area contributed by atoms with Gasteiger partial charge in [-0.1, -0.05) is 24.6 Å². The van der Waals surface area contributed by atoms with Crippen molar-refractivity contribution in [2.45, 2.75) is 66.2 Å². The van der Waals surface area contributed by atoms with Crippen molar-refractivity contribution in [1.82, 2.24) is 4.98 Å². The molecule has 3 nitrogen and oxygen atoms in total. The number of hydrogen-bond acceptors (Lipinski definition) is 4. The second kappa shape index (κ2) is 7.51. The highest BCUT2D eigenvalue weighted by molar-refractivity contribution is 7.99. The summed E-state index contributed by atoms with van der Waals surface area (Å²) in [5.74, 6) is 2.73. The number of fused-ring (bicyclic) bond motifs is 1. The van der Waals surface area contributed by atoms with Crippen LogP contribution in [-0.2, 0) is 0 Å². The normalized spacial score (nSPS) is 17.8. The number of benzene rings is 1. The first kappa shape index (κ1) is 19.1. The number of pyridine rings is 1. The summed E-state index contributed by atoms with van der Waals surface area (Å²) >= 11 is 1.96. The number of anilines is 1. The van der Waals surface area contributed by atoms with Crippen molar-refractivity contribution in [1.29, 1.82) is 0 Å². The molecular formula is C22H30N2OS. The Labute approximate surface area is 162 Å². The van der Waals surface area contributed by atoms with Crippen molar-refractivity contribution in [3.63, 3.8) is 0 Å². The minimum atomic E-state index is 0.375. The molecule has 26 heavy (non-hydrogen) atoms. The van der Waals surface area contributed by atoms with Crippen LogP contribution in [0.25, 0.3) is 0 Å². The van der Waals surface area contributed by atoms with Gasteiger partial charge in [-0.25, -0.2) is 4.98 Å². The highest BCUT2D eigenvalue weighted by Gasteiger charge is 2.30. The zero-order valence-electron chi connectivity index (χ0n) is 17.0. The summed E-state index contributed by atoms with van der Waals surface area (Å²) in [6.07, 6.45) is 1.13. The largest absolute Gasteiger partial charge is 0.438 e. The van der Waals surface area contributed by atoms with Crippen molar-refractivity contribution >= 4 is 17.4 Å². The average molecular weight is 371 g/mol. The van der Waals surface area contributed by atoms with Gasteiger partial charge in [-0.2, -0.15) is 0 Å². The lowest BCUT2D eigenvalue weighted by Crippen LogP contribution is -2.36. The highest BCUT2D eigenvalue weighted by Crippen LogP contribution is 2.47. The van der Waals surface area contributed by atoms with E-state index < -0.39 is 0 Å². The quantitative estimate of drug-likeness (QED) is 0.615. The fourth-order valence-corrected chi connectivity index (χ4v) is 4.86. The third-order valence-electron chi connectivity index (χ3n) is 5.24. The maximum Gasteiger partial charge on any atom is 0.225 e. The Bertz CT molecular complexity index is 795. The van der Waals surface area contributed by atoms with Gasteiger partial charge < -0.3 is 9.64 Å². The van der Waals surface area contributed by atoms with Gasteiger partial charge >= 0.3 is 0 Å². The number of hydrogen-bond donors (Lipinski definition) is 0. The van der Waals surface area contributed by atoms with Crippen LogP contribution in [0.5, 0.6) is 11.6 Å². The van der Waals surface area contributed by atoms with Gasteiger partial charge in [0.1, 0.15) is 5.75 Å². The van der Waals surface area contributed by atoms with Gasteiger partial charge in [0.2, 0.25) is 5.88 Å². The van der Waals surface area contributed by atoms with Gasteiger partial charge in [-0.05, 0) is 65.2 Å². The SMILES string of the molecule is CCC(C)N1CSC(C)c2c1cc(C)nc2Oc1c(C)cc(C)cc1C. The van der Waals surface area contributed by atoms with Gasteiger partial charge in [0.15, 0.2) is 0 Å². The molecule has 2 heterocycles. The Kier molecular flexibility index (Phi) is 5.52. The zero-order valence-corrected chi connectivity index (χ0v) is 17.8. The van der Waals surface area contributed by atoms with Crippen LogP contribution in [0.1, 0.15) is 60.4 Å². The topological polar surface area (TPSA) is 25.4 Å². The molecule has 0 radical (unpaired) electrons. The molecule has 1 aliphatic rings. The molecule has 0 saturated carbocycles. The molecule has 1 aromatic carbocycles. The van der Waals surface area contributed by atoms with Gasteiger partial charge in [0.25, 0.3) is 0 Å². The lowest BCUT2D eigenvalue weighted by molar-refractivity contribution is 0.447. The van der Waals surface area contributed by atoms with Gasteiger partial charge in [-0.15, -0.1) is 11.8 Å². The minimum Gasteiger partial charge on any atom is -0.438 e. The molecule has 0 spiro atoms. The monoisotopic (exact) mass is 370 g/mol. The van der Waals surface area contributed by atoms with Crippen LogP contribution in [0, 0.1) is 27.7 Å². The first-order chi connectivity index (χ1) is 12.3. The molecule has 0 aliphatic carbocycles. The van der Waals surface area contributed by atoms with Crippen molar-refractivity contribution in [3.05, 3.63) is 46.1 Å². The number of rotatable bonds is 4. The van der Waals surface area contributed by atoms with E-state index in [-0.39, 0.29) is 0 Å². The van der Waals surface area contributed by atoms with E-state index in [1.807, 2.05) is 11.8 Å². The summed E-state index contributed by atoms with van der Waals surface area (Å²) in [4.78, 5) is 7.29. The molecule has 2 unspecified atom stereocenters. The molecule has 4 heteroatoms. The lowest BCUT2D eigenvalue weighted by atomic mass is 10.1. The number of ether oxygens (including phenoxy) is 1. The molecule has 0 N–H and O–H groups in total. The second-order valence-electron chi connectivity index (χ2n) is 7.50. The number of aryl methyl sites for hydroxylation is 4. The van der Waals surface area contributed by atoms with Crippen molar-refractivity contribution < 1.29 is 4.74 Å². The van der Waals surface area contributed by atoms with E-state index in [4.69, 9.17) is 9.72 Å². The molecule has 1 aromatic heterocycles. The van der Waals surface area contributed by atoms with Crippen LogP contribution in [0.4, 0.5) is 5.69 Å². The van der Waals surface area contributed by atoms with Crippen LogP contribution in [0.15, 0.2) is 18.2 Å². The van der Waals surface area contributed by atoms with E-state index in [0.29, 0.717) is 11.3 Å². The zero-order chi connectivity index (χ0) is 19.0. The highest BCUT2D eigenvalue weighted by atomic mass is 32.2. The fraction of sp³-hybridized carbons (Fsp3) is 0.500. The van der Waals surface area contributed by atoms with Crippen LogP contribution >= 0.6 is 11.8 Å². The van der Waals surface area contributed by atoms with Crippen LogP contribution in [-0.4, -0.2) is 16.9 Å². The Morgan fingerprint density at radius 2 is 1.85 bits per heavy atom. The van der Waals surface area contributed by atoms with Gasteiger partial charge in [0.05, 0.1) is 11.4 Å². The van der Waals surface area contributed by atoms with Crippen molar-refractivity contribution in [2.24, 2.45) is 0 Å². The van der Waals surface area contributed by atoms with E-state index in [2.05, 4.69) is 71.6 Å². The van der Waals surface area contributed by atoms with Crippen LogP contribution < -0.4 is 9.64 Å². The van der Waals surface area contributed by atoms with Crippen molar-refractivity contribution in [2.75, 3.05) is 10.8 Å². The smallest absolute Gasteiger partial charge is 0.225 e. The molecule has 2 atom stereocenters. The first-order valence-electron chi connectivity index (χ1n) is 9.47. The Morgan fingerprint density at radius 3 is 2.46 bits per heavy atom. The molecule has 3 rings (SSSR count). The predicted molar refractivity (Wildman–Crippen MR) is 113 cm³/mol. The fourth-order valence-electron chi connectivity index (χ4n) is 3.69. The minimum absolute atomic E-state index is 0.375. The first-order valence-corrected chi connectivity index (χ1v) is 10.5. The Morgan fingerprint density at radius 1 is 1.19 bits per heavy atom. The van der Waals surface area contributed by atoms with E-state index >= 15 is 0 Å². The second-order valence-corrected chi connectivity index (χ2v) is 8.80. The van der Waals surface area contributed by atoms with E-state index in [1.54, 1.807) is 0 Å². The maximum atomic E-state index is 6.46. The van der Waals surface area contributed by atoms with E-state index in [1.165, 1.54) is 16.8 Å². The van der Waals surface area contributed by atoms with Crippen LogP contribution in [0.3, 0.4) is 0 Å². The standard InChI is InChI=1S/C22H30N2OS/c1-8-17(6)24-12-26-18(7)20-19(24)11-16(5)23-22(20)25-21-14(3)9-13(2)10-15(21)4/h9-11,17-18H,8,12H2,1-7H3. The maximum absolute atomic E-state index is 6.46. The van der Waals surface area contributed by atoms with Gasteiger partial charge in [-0.3, -0.25) is 0 Å². The molecule has 140 valence electrons.